The van der Waals surface area contributed by atoms with Crippen molar-refractivity contribution in [2.45, 2.75) is 0 Å². The maximum absolute atomic E-state index is 11.4. The molecular weight excluding hydrogens is 268 g/mol. The first-order chi connectivity index (χ1) is 8.49. The molecule has 0 aromatic carbocycles. The van der Waals surface area contributed by atoms with Gasteiger partial charge in [0, 0.05) is 24.3 Å². The van der Waals surface area contributed by atoms with Gasteiger partial charge in [0.15, 0.2) is 0 Å². The van der Waals surface area contributed by atoms with Crippen LogP contribution in [0.2, 0.25) is 0 Å². The smallest absolute Gasteiger partial charge is 0.458 e. The quantitative estimate of drug-likeness (QED) is 0.578. The van der Waals surface area contributed by atoms with Gasteiger partial charge in [0.25, 0.3) is 0 Å². The summed E-state index contributed by atoms with van der Waals surface area (Å²) in [6.07, 6.45) is 0. The van der Waals surface area contributed by atoms with E-state index in [1.54, 1.807) is 0 Å². The topological polar surface area (TPSA) is 126 Å². The Labute approximate surface area is 102 Å². The van der Waals surface area contributed by atoms with Crippen LogP contribution in [0, 0.1) is 0 Å². The lowest BCUT2D eigenvalue weighted by molar-refractivity contribution is 0.154. The lowest BCUT2D eigenvalue weighted by Crippen LogP contribution is -2.23. The second-order valence-corrected chi connectivity index (χ2v) is 3.75. The standard InChI is InChI=1S/C8H8N2O7S/c11-5-1-2-6(12)9(5)16-18(15)17-10-7(13)3-4-8(10)14/h1-4,11-14H. The van der Waals surface area contributed by atoms with Gasteiger partial charge in [-0.3, -0.25) is 8.57 Å². The van der Waals surface area contributed by atoms with Gasteiger partial charge in [0.2, 0.25) is 23.5 Å². The van der Waals surface area contributed by atoms with Gasteiger partial charge < -0.3 is 20.4 Å². The predicted octanol–water partition coefficient (Wildman–Crippen LogP) is -0.752. The molecule has 4 N–H and O–H groups in total. The minimum Gasteiger partial charge on any atom is -0.492 e. The summed E-state index contributed by atoms with van der Waals surface area (Å²) in [5.74, 6) is -2.04. The highest BCUT2D eigenvalue weighted by molar-refractivity contribution is 7.75. The summed E-state index contributed by atoms with van der Waals surface area (Å²) in [4.78, 5) is 0. The zero-order valence-corrected chi connectivity index (χ0v) is 9.44. The largest absolute Gasteiger partial charge is 0.492 e. The Morgan fingerprint density at radius 3 is 1.33 bits per heavy atom. The molecule has 0 spiro atoms. The molecule has 2 aromatic rings. The van der Waals surface area contributed by atoms with Crippen molar-refractivity contribution in [3.63, 3.8) is 0 Å². The Balaban J connectivity index is 2.10. The number of rotatable bonds is 4. The van der Waals surface area contributed by atoms with Crippen molar-refractivity contribution in [3.8, 4) is 23.5 Å². The molecule has 0 fully saturated rings. The molecule has 9 nitrogen and oxygen atoms in total. The number of aromatic nitrogens is 2. The van der Waals surface area contributed by atoms with Crippen LogP contribution in [0.4, 0.5) is 0 Å². The molecule has 98 valence electrons. The molecular formula is C8H8N2O7S. The van der Waals surface area contributed by atoms with Crippen LogP contribution < -0.4 is 8.57 Å². The van der Waals surface area contributed by atoms with Crippen molar-refractivity contribution in [2.75, 3.05) is 0 Å². The highest BCUT2D eigenvalue weighted by atomic mass is 32.2. The van der Waals surface area contributed by atoms with Crippen LogP contribution in [0.3, 0.4) is 0 Å². The fraction of sp³-hybridized carbons (Fsp3) is 0. The average Bonchev–Trinajstić information content (AvgIpc) is 2.79. The Hall–Kier alpha value is -2.49. The van der Waals surface area contributed by atoms with Crippen LogP contribution in [0.5, 0.6) is 23.5 Å². The number of nitrogens with zero attached hydrogens (tertiary/aromatic N) is 2. The van der Waals surface area contributed by atoms with Crippen LogP contribution in [-0.4, -0.2) is 34.1 Å². The van der Waals surface area contributed by atoms with Crippen LogP contribution in [-0.2, 0) is 11.4 Å². The Bertz CT molecular complexity index is 501. The molecule has 2 rings (SSSR count). The van der Waals surface area contributed by atoms with Crippen molar-refractivity contribution in [2.24, 2.45) is 0 Å². The van der Waals surface area contributed by atoms with E-state index in [2.05, 4.69) is 8.57 Å². The SMILES string of the molecule is O=S(On1c(O)ccc1O)On1c(O)ccc1O. The van der Waals surface area contributed by atoms with Crippen molar-refractivity contribution in [1.82, 2.24) is 9.46 Å². The van der Waals surface area contributed by atoms with Gasteiger partial charge in [-0.15, -0.1) is 0 Å². The monoisotopic (exact) mass is 276 g/mol. The average molecular weight is 276 g/mol. The Morgan fingerprint density at radius 1 is 0.778 bits per heavy atom. The number of hydrogen-bond donors (Lipinski definition) is 4. The molecule has 0 saturated heterocycles. The third-order valence-electron chi connectivity index (χ3n) is 1.87. The van der Waals surface area contributed by atoms with E-state index >= 15 is 0 Å². The van der Waals surface area contributed by atoms with Crippen molar-refractivity contribution >= 4 is 11.4 Å². The molecule has 0 atom stereocenters. The molecule has 2 aromatic heterocycles. The maximum atomic E-state index is 11.4. The van der Waals surface area contributed by atoms with Crippen LogP contribution in [0.15, 0.2) is 24.3 Å². The molecule has 0 bridgehead atoms. The van der Waals surface area contributed by atoms with Crippen molar-refractivity contribution < 1.29 is 33.2 Å². The van der Waals surface area contributed by atoms with Crippen LogP contribution in [0.25, 0.3) is 0 Å². The lowest BCUT2D eigenvalue weighted by atomic mass is 10.6. The second kappa shape index (κ2) is 4.41. The van der Waals surface area contributed by atoms with Gasteiger partial charge in [0.05, 0.1) is 0 Å². The van der Waals surface area contributed by atoms with Gasteiger partial charge in [-0.2, -0.15) is 4.21 Å². The first-order valence-corrected chi connectivity index (χ1v) is 5.48. The summed E-state index contributed by atoms with van der Waals surface area (Å²) >= 11 is -2.53. The first-order valence-electron chi connectivity index (χ1n) is 4.48. The molecule has 18 heavy (non-hydrogen) atoms. The second-order valence-electron chi connectivity index (χ2n) is 3.04. The van der Waals surface area contributed by atoms with E-state index < -0.39 is 34.9 Å². The third-order valence-corrected chi connectivity index (χ3v) is 2.41. The predicted molar refractivity (Wildman–Crippen MR) is 56.8 cm³/mol. The van der Waals surface area contributed by atoms with E-state index in [9.17, 15) is 24.6 Å². The summed E-state index contributed by atoms with van der Waals surface area (Å²) in [5, 5.41) is 36.8. The fourth-order valence-corrected chi connectivity index (χ4v) is 1.67. The van der Waals surface area contributed by atoms with E-state index in [1.165, 1.54) is 0 Å². The molecule has 0 aliphatic heterocycles. The first kappa shape index (κ1) is 12.0. The third kappa shape index (κ3) is 2.13. The summed E-state index contributed by atoms with van der Waals surface area (Å²) < 4.78 is 21.3. The summed E-state index contributed by atoms with van der Waals surface area (Å²) in [6.45, 7) is 0. The molecule has 0 aliphatic carbocycles. The van der Waals surface area contributed by atoms with Gasteiger partial charge in [-0.1, -0.05) is 9.46 Å². The molecule has 0 aliphatic rings. The number of aromatic hydroxyl groups is 4. The van der Waals surface area contributed by atoms with E-state index in [1.807, 2.05) is 0 Å². The van der Waals surface area contributed by atoms with Gasteiger partial charge in [-0.25, -0.2) is 0 Å². The van der Waals surface area contributed by atoms with Crippen molar-refractivity contribution in [3.05, 3.63) is 24.3 Å². The maximum Gasteiger partial charge on any atom is 0.458 e. The van der Waals surface area contributed by atoms with Crippen LogP contribution in [0.1, 0.15) is 0 Å². The normalized spacial score (nSPS) is 10.7. The Kier molecular flexibility index (Phi) is 2.93. The summed E-state index contributed by atoms with van der Waals surface area (Å²) in [5.41, 5.74) is 0. The van der Waals surface area contributed by atoms with Gasteiger partial charge in [-0.05, 0) is 0 Å². The fourth-order valence-electron chi connectivity index (χ4n) is 1.09. The minimum atomic E-state index is -2.53. The van der Waals surface area contributed by atoms with E-state index in [0.717, 1.165) is 24.3 Å². The van der Waals surface area contributed by atoms with E-state index in [-0.39, 0.29) is 0 Å². The lowest BCUT2D eigenvalue weighted by Gasteiger charge is -2.08. The highest BCUT2D eigenvalue weighted by Crippen LogP contribution is 2.21. The molecule has 10 heteroatoms. The summed E-state index contributed by atoms with van der Waals surface area (Å²) in [6, 6.07) is 4.38. The Morgan fingerprint density at radius 2 is 1.06 bits per heavy atom. The zero-order valence-electron chi connectivity index (χ0n) is 8.63. The van der Waals surface area contributed by atoms with Gasteiger partial charge >= 0.3 is 11.4 Å². The van der Waals surface area contributed by atoms with Gasteiger partial charge in [0.1, 0.15) is 0 Å². The van der Waals surface area contributed by atoms with Crippen molar-refractivity contribution in [1.29, 1.82) is 0 Å². The molecule has 0 saturated carbocycles. The zero-order chi connectivity index (χ0) is 13.3. The highest BCUT2D eigenvalue weighted by Gasteiger charge is 2.16. The molecule has 0 amide bonds. The summed E-state index contributed by atoms with van der Waals surface area (Å²) in [7, 11) is 0. The molecule has 2 heterocycles. The van der Waals surface area contributed by atoms with E-state index in [4.69, 9.17) is 0 Å². The van der Waals surface area contributed by atoms with E-state index in [0.29, 0.717) is 9.46 Å². The minimum absolute atomic E-state index is 0.438. The molecule has 0 unspecified atom stereocenters. The number of hydrogen-bond acceptors (Lipinski definition) is 7. The molecule has 0 radical (unpaired) electrons. The van der Waals surface area contributed by atoms with Crippen LogP contribution >= 0.6 is 0 Å².